The molecule has 5 heteroatoms. The van der Waals surface area contributed by atoms with E-state index in [1.54, 1.807) is 30.5 Å². The fraction of sp³-hybridized carbons (Fsp3) is 0.0556. The summed E-state index contributed by atoms with van der Waals surface area (Å²) in [6.45, 7) is 0.124. The van der Waals surface area contributed by atoms with Crippen LogP contribution in [0.1, 0.15) is 5.56 Å². The highest BCUT2D eigenvalue weighted by molar-refractivity contribution is 5.63. The minimum atomic E-state index is -0.569. The fourth-order valence-electron chi connectivity index (χ4n) is 2.37. The van der Waals surface area contributed by atoms with Gasteiger partial charge in [-0.15, -0.1) is 0 Å². The zero-order chi connectivity index (χ0) is 16.4. The Bertz CT molecular complexity index is 902. The molecule has 0 saturated heterocycles. The van der Waals surface area contributed by atoms with Gasteiger partial charge in [0.1, 0.15) is 11.6 Å². The van der Waals surface area contributed by atoms with Gasteiger partial charge in [0.25, 0.3) is 5.56 Å². The molecule has 1 aromatic heterocycles. The molecule has 0 bridgehead atoms. The second kappa shape index (κ2) is 6.04. The lowest BCUT2D eigenvalue weighted by Crippen LogP contribution is -2.20. The number of halogens is 2. The largest absolute Gasteiger partial charge is 0.503 e. The highest BCUT2D eigenvalue weighted by atomic mass is 19.1. The van der Waals surface area contributed by atoms with Gasteiger partial charge in [0, 0.05) is 11.8 Å². The Morgan fingerprint density at radius 3 is 2.35 bits per heavy atom. The number of aromatic nitrogens is 1. The highest BCUT2D eigenvalue weighted by Crippen LogP contribution is 2.21. The molecule has 0 atom stereocenters. The van der Waals surface area contributed by atoms with Gasteiger partial charge in [-0.3, -0.25) is 4.79 Å². The molecule has 0 fully saturated rings. The number of hydrogen-bond donors (Lipinski definition) is 1. The van der Waals surface area contributed by atoms with Gasteiger partial charge in [0.05, 0.1) is 6.54 Å². The molecule has 0 aliphatic heterocycles. The second-order valence-corrected chi connectivity index (χ2v) is 5.18. The molecule has 0 saturated carbocycles. The van der Waals surface area contributed by atoms with Crippen molar-refractivity contribution in [3.05, 3.63) is 88.3 Å². The lowest BCUT2D eigenvalue weighted by Gasteiger charge is -2.10. The van der Waals surface area contributed by atoms with Crippen molar-refractivity contribution in [3.8, 4) is 16.9 Å². The third kappa shape index (κ3) is 3.29. The standard InChI is InChI=1S/C18H13F2NO2/c19-15-6-4-13(5-7-15)14-9-17(22)18(23)21(11-14)10-12-2-1-3-16(20)8-12/h1-9,11,22H,10H2. The average molecular weight is 313 g/mol. The predicted octanol–water partition coefficient (Wildman–Crippen LogP) is 3.55. The summed E-state index contributed by atoms with van der Waals surface area (Å²) in [5.74, 6) is -1.18. The van der Waals surface area contributed by atoms with E-state index in [0.717, 1.165) is 0 Å². The SMILES string of the molecule is O=c1c(O)cc(-c2ccc(F)cc2)cn1Cc1cccc(F)c1. The Kier molecular flexibility index (Phi) is 3.93. The van der Waals surface area contributed by atoms with Crippen molar-refractivity contribution in [1.29, 1.82) is 0 Å². The Labute approximate surface area is 131 Å². The van der Waals surface area contributed by atoms with Crippen LogP contribution >= 0.6 is 0 Å². The van der Waals surface area contributed by atoms with E-state index in [-0.39, 0.29) is 12.4 Å². The molecule has 2 aromatic carbocycles. The maximum absolute atomic E-state index is 13.3. The van der Waals surface area contributed by atoms with Crippen LogP contribution in [0.2, 0.25) is 0 Å². The molecule has 0 aliphatic carbocycles. The molecular weight excluding hydrogens is 300 g/mol. The van der Waals surface area contributed by atoms with E-state index in [2.05, 4.69) is 0 Å². The first-order valence-electron chi connectivity index (χ1n) is 6.97. The second-order valence-electron chi connectivity index (χ2n) is 5.18. The minimum Gasteiger partial charge on any atom is -0.503 e. The lowest BCUT2D eigenvalue weighted by molar-refractivity contribution is 0.459. The van der Waals surface area contributed by atoms with Crippen molar-refractivity contribution in [2.45, 2.75) is 6.54 Å². The van der Waals surface area contributed by atoms with Crippen LogP contribution in [0.4, 0.5) is 8.78 Å². The van der Waals surface area contributed by atoms with Crippen LogP contribution in [0, 0.1) is 11.6 Å². The topological polar surface area (TPSA) is 42.2 Å². The van der Waals surface area contributed by atoms with Crippen molar-refractivity contribution in [2.75, 3.05) is 0 Å². The molecule has 0 spiro atoms. The molecule has 3 aromatic rings. The van der Waals surface area contributed by atoms with Crippen LogP contribution in [-0.2, 0) is 6.54 Å². The van der Waals surface area contributed by atoms with Gasteiger partial charge in [0.2, 0.25) is 0 Å². The Morgan fingerprint density at radius 2 is 1.65 bits per heavy atom. The summed E-state index contributed by atoms with van der Waals surface area (Å²) in [7, 11) is 0. The van der Waals surface area contributed by atoms with Gasteiger partial charge >= 0.3 is 0 Å². The maximum Gasteiger partial charge on any atom is 0.292 e. The smallest absolute Gasteiger partial charge is 0.292 e. The number of nitrogens with zero attached hydrogens (tertiary/aromatic N) is 1. The summed E-state index contributed by atoms with van der Waals surface area (Å²) < 4.78 is 27.6. The van der Waals surface area contributed by atoms with E-state index in [1.807, 2.05) is 0 Å². The zero-order valence-electron chi connectivity index (χ0n) is 12.0. The summed E-state index contributed by atoms with van der Waals surface area (Å²) in [5.41, 5.74) is 1.26. The molecule has 0 radical (unpaired) electrons. The van der Waals surface area contributed by atoms with Gasteiger partial charge in [0.15, 0.2) is 5.75 Å². The third-order valence-electron chi connectivity index (χ3n) is 3.49. The summed E-state index contributed by atoms with van der Waals surface area (Å²) >= 11 is 0. The van der Waals surface area contributed by atoms with E-state index < -0.39 is 17.1 Å². The van der Waals surface area contributed by atoms with E-state index in [1.165, 1.54) is 34.9 Å². The van der Waals surface area contributed by atoms with Gasteiger partial charge in [-0.25, -0.2) is 8.78 Å². The van der Waals surface area contributed by atoms with Gasteiger partial charge in [-0.2, -0.15) is 0 Å². The van der Waals surface area contributed by atoms with Gasteiger partial charge in [-0.1, -0.05) is 24.3 Å². The first-order valence-corrected chi connectivity index (χ1v) is 6.97. The number of benzene rings is 2. The lowest BCUT2D eigenvalue weighted by atomic mass is 10.1. The first-order chi connectivity index (χ1) is 11.0. The van der Waals surface area contributed by atoms with Crippen LogP contribution in [0.15, 0.2) is 65.6 Å². The van der Waals surface area contributed by atoms with E-state index in [9.17, 15) is 18.7 Å². The molecule has 1 N–H and O–H groups in total. The van der Waals surface area contributed by atoms with Crippen LogP contribution in [0.5, 0.6) is 5.75 Å². The van der Waals surface area contributed by atoms with Crippen LogP contribution in [0.3, 0.4) is 0 Å². The summed E-state index contributed by atoms with van der Waals surface area (Å²) in [4.78, 5) is 12.1. The molecule has 1 heterocycles. The van der Waals surface area contributed by atoms with Crippen LogP contribution in [-0.4, -0.2) is 9.67 Å². The van der Waals surface area contributed by atoms with E-state index in [0.29, 0.717) is 16.7 Å². The molecule has 3 rings (SSSR count). The number of hydrogen-bond acceptors (Lipinski definition) is 2. The van der Waals surface area contributed by atoms with Crippen LogP contribution < -0.4 is 5.56 Å². The Hall–Kier alpha value is -2.95. The van der Waals surface area contributed by atoms with Crippen molar-refractivity contribution in [2.24, 2.45) is 0 Å². The van der Waals surface area contributed by atoms with E-state index in [4.69, 9.17) is 0 Å². The highest BCUT2D eigenvalue weighted by Gasteiger charge is 2.08. The number of aromatic hydroxyl groups is 1. The summed E-state index contributed by atoms with van der Waals surface area (Å²) in [6, 6.07) is 12.9. The van der Waals surface area contributed by atoms with Crippen molar-refractivity contribution in [1.82, 2.24) is 4.57 Å². The van der Waals surface area contributed by atoms with Crippen molar-refractivity contribution >= 4 is 0 Å². The fourth-order valence-corrected chi connectivity index (χ4v) is 2.37. The van der Waals surface area contributed by atoms with Crippen LogP contribution in [0.25, 0.3) is 11.1 Å². The molecular formula is C18H13F2NO2. The quantitative estimate of drug-likeness (QED) is 0.803. The molecule has 0 aliphatic rings. The maximum atomic E-state index is 13.3. The Balaban J connectivity index is 2.03. The van der Waals surface area contributed by atoms with Gasteiger partial charge < -0.3 is 9.67 Å². The van der Waals surface area contributed by atoms with Crippen molar-refractivity contribution in [3.63, 3.8) is 0 Å². The number of rotatable bonds is 3. The molecule has 3 nitrogen and oxygen atoms in total. The molecule has 23 heavy (non-hydrogen) atoms. The summed E-state index contributed by atoms with van der Waals surface area (Å²) in [5, 5.41) is 9.85. The number of pyridine rings is 1. The molecule has 0 unspecified atom stereocenters. The Morgan fingerprint density at radius 1 is 0.913 bits per heavy atom. The molecule has 116 valence electrons. The average Bonchev–Trinajstić information content (AvgIpc) is 2.52. The normalized spacial score (nSPS) is 10.7. The molecule has 0 amide bonds. The first kappa shape index (κ1) is 15.0. The van der Waals surface area contributed by atoms with Gasteiger partial charge in [-0.05, 0) is 41.5 Å². The minimum absolute atomic E-state index is 0.124. The monoisotopic (exact) mass is 313 g/mol. The summed E-state index contributed by atoms with van der Waals surface area (Å²) in [6.07, 6.45) is 1.56. The zero-order valence-corrected chi connectivity index (χ0v) is 12.0. The van der Waals surface area contributed by atoms with Crippen molar-refractivity contribution < 1.29 is 13.9 Å². The third-order valence-corrected chi connectivity index (χ3v) is 3.49. The predicted molar refractivity (Wildman–Crippen MR) is 83.3 cm³/mol. The van der Waals surface area contributed by atoms with E-state index >= 15 is 0 Å².